The van der Waals surface area contributed by atoms with Gasteiger partial charge in [-0.2, -0.15) is 13.2 Å². The molecule has 0 fully saturated rings. The van der Waals surface area contributed by atoms with Gasteiger partial charge in [0.2, 0.25) is 0 Å². The highest BCUT2D eigenvalue weighted by atomic mass is 19.4. The van der Waals surface area contributed by atoms with Crippen LogP contribution >= 0.6 is 0 Å². The second kappa shape index (κ2) is 4.15. The van der Waals surface area contributed by atoms with E-state index < -0.39 is 17.7 Å². The van der Waals surface area contributed by atoms with E-state index in [1.54, 1.807) is 6.92 Å². The van der Waals surface area contributed by atoms with Gasteiger partial charge in [0, 0.05) is 12.5 Å². The Hall–Kier alpha value is -1.78. The summed E-state index contributed by atoms with van der Waals surface area (Å²) in [6, 6.07) is 3.51. The molecule has 1 aliphatic rings. The smallest absolute Gasteiger partial charge is 0.416 e. The van der Waals surface area contributed by atoms with Crippen LogP contribution in [0, 0.1) is 0 Å². The van der Waals surface area contributed by atoms with Crippen molar-refractivity contribution >= 4 is 11.7 Å². The fourth-order valence-electron chi connectivity index (χ4n) is 2.00. The first kappa shape index (κ1) is 12.7. The number of benzene rings is 1. The van der Waals surface area contributed by atoms with Gasteiger partial charge >= 0.3 is 12.1 Å². The van der Waals surface area contributed by atoms with Crippen molar-refractivity contribution < 1.29 is 22.7 Å². The van der Waals surface area contributed by atoms with Gasteiger partial charge in [0.25, 0.3) is 0 Å². The van der Waals surface area contributed by atoms with E-state index in [9.17, 15) is 18.0 Å². The summed E-state index contributed by atoms with van der Waals surface area (Å²) >= 11 is 0. The summed E-state index contributed by atoms with van der Waals surface area (Å²) in [7, 11) is 0. The molecule has 0 atom stereocenters. The molecule has 0 aliphatic heterocycles. The second-order valence-electron chi connectivity index (χ2n) is 4.25. The molecule has 0 N–H and O–H groups in total. The molecule has 0 aromatic heterocycles. The van der Waals surface area contributed by atoms with Crippen LogP contribution in [0.1, 0.15) is 30.5 Å². The molecule has 2 rings (SSSR count). The van der Waals surface area contributed by atoms with Crippen LogP contribution in [0.4, 0.5) is 13.2 Å². The van der Waals surface area contributed by atoms with Crippen LogP contribution in [-0.4, -0.2) is 5.97 Å². The van der Waals surface area contributed by atoms with Gasteiger partial charge in [-0.1, -0.05) is 6.07 Å². The Labute approximate surface area is 102 Å². The minimum Gasteiger partial charge on any atom is -0.426 e. The molecule has 1 aromatic carbocycles. The lowest BCUT2D eigenvalue weighted by atomic mass is 10.1. The van der Waals surface area contributed by atoms with Crippen molar-refractivity contribution in [2.75, 3.05) is 0 Å². The van der Waals surface area contributed by atoms with E-state index in [-0.39, 0.29) is 5.76 Å². The van der Waals surface area contributed by atoms with Crippen LogP contribution < -0.4 is 0 Å². The van der Waals surface area contributed by atoms with E-state index in [1.807, 2.05) is 0 Å². The van der Waals surface area contributed by atoms with Crippen LogP contribution in [0.25, 0.3) is 5.76 Å². The summed E-state index contributed by atoms with van der Waals surface area (Å²) in [5.74, 6) is -0.279. The fraction of sp³-hybridized carbons (Fsp3) is 0.308. The number of rotatable bonds is 1. The summed E-state index contributed by atoms with van der Waals surface area (Å²) in [5, 5.41) is 0. The quantitative estimate of drug-likeness (QED) is 0.718. The van der Waals surface area contributed by atoms with Crippen molar-refractivity contribution in [3.05, 3.63) is 40.5 Å². The van der Waals surface area contributed by atoms with Gasteiger partial charge in [-0.15, -0.1) is 0 Å². The Morgan fingerprint density at radius 3 is 2.56 bits per heavy atom. The maximum absolute atomic E-state index is 12.6. The topological polar surface area (TPSA) is 26.3 Å². The number of halogens is 3. The average molecular weight is 256 g/mol. The number of carbonyl (C=O) groups excluding carboxylic acids is 1. The Bertz CT molecular complexity index is 542. The number of carbonyl (C=O) groups is 1. The first-order valence-corrected chi connectivity index (χ1v) is 5.37. The van der Waals surface area contributed by atoms with E-state index in [2.05, 4.69) is 0 Å². The number of esters is 1. The zero-order valence-electron chi connectivity index (χ0n) is 9.89. The Kier molecular flexibility index (Phi) is 2.92. The predicted molar refractivity (Wildman–Crippen MR) is 59.5 cm³/mol. The Morgan fingerprint density at radius 2 is 2.00 bits per heavy atom. The first-order valence-electron chi connectivity index (χ1n) is 5.37. The molecule has 0 unspecified atom stereocenters. The van der Waals surface area contributed by atoms with Gasteiger partial charge in [0.1, 0.15) is 5.76 Å². The summed E-state index contributed by atoms with van der Waals surface area (Å²) in [5.41, 5.74) is 1.13. The van der Waals surface area contributed by atoms with E-state index in [0.29, 0.717) is 12.0 Å². The summed E-state index contributed by atoms with van der Waals surface area (Å²) in [4.78, 5) is 11.0. The van der Waals surface area contributed by atoms with Gasteiger partial charge in [-0.25, -0.2) is 0 Å². The number of fused-ring (bicyclic) bond motifs is 1. The third-order valence-electron chi connectivity index (χ3n) is 2.77. The van der Waals surface area contributed by atoms with Gasteiger partial charge in [-0.05, 0) is 36.6 Å². The zero-order valence-corrected chi connectivity index (χ0v) is 9.89. The van der Waals surface area contributed by atoms with E-state index in [0.717, 1.165) is 23.3 Å². The van der Waals surface area contributed by atoms with Crippen molar-refractivity contribution in [1.29, 1.82) is 0 Å². The zero-order chi connectivity index (χ0) is 13.5. The molecule has 96 valence electrons. The minimum absolute atomic E-state index is 0.253. The lowest BCUT2D eigenvalue weighted by molar-refractivity contribution is -0.137. The largest absolute Gasteiger partial charge is 0.426 e. The molecule has 1 aliphatic carbocycles. The van der Waals surface area contributed by atoms with Crippen LogP contribution in [0.2, 0.25) is 0 Å². The molecular weight excluding hydrogens is 245 g/mol. The average Bonchev–Trinajstić information content (AvgIpc) is 2.53. The number of hydrogen-bond acceptors (Lipinski definition) is 2. The molecule has 0 radical (unpaired) electrons. The van der Waals surface area contributed by atoms with Gasteiger partial charge in [0.15, 0.2) is 0 Å². The van der Waals surface area contributed by atoms with E-state index >= 15 is 0 Å². The van der Waals surface area contributed by atoms with Gasteiger partial charge in [-0.3, -0.25) is 4.79 Å². The molecule has 0 heterocycles. The Balaban J connectivity index is 2.47. The van der Waals surface area contributed by atoms with Crippen LogP contribution in [0.3, 0.4) is 0 Å². The molecule has 0 saturated carbocycles. The summed E-state index contributed by atoms with van der Waals surface area (Å²) < 4.78 is 42.8. The molecule has 0 bridgehead atoms. The third-order valence-corrected chi connectivity index (χ3v) is 2.77. The summed E-state index contributed by atoms with van der Waals surface area (Å²) in [6.45, 7) is 2.97. The maximum Gasteiger partial charge on any atom is 0.416 e. The third kappa shape index (κ3) is 2.25. The molecule has 0 amide bonds. The van der Waals surface area contributed by atoms with Gasteiger partial charge in [0.05, 0.1) is 5.56 Å². The Morgan fingerprint density at radius 1 is 1.33 bits per heavy atom. The first-order chi connectivity index (χ1) is 8.29. The number of hydrogen-bond donors (Lipinski definition) is 0. The second-order valence-corrected chi connectivity index (χ2v) is 4.25. The molecule has 0 spiro atoms. The molecule has 2 nitrogen and oxygen atoms in total. The number of alkyl halides is 3. The highest BCUT2D eigenvalue weighted by Crippen LogP contribution is 2.38. The van der Waals surface area contributed by atoms with Crippen LogP contribution in [0.15, 0.2) is 23.8 Å². The monoisotopic (exact) mass is 256 g/mol. The van der Waals surface area contributed by atoms with E-state index in [1.165, 1.54) is 13.0 Å². The highest BCUT2D eigenvalue weighted by molar-refractivity contribution is 5.81. The van der Waals surface area contributed by atoms with Crippen molar-refractivity contribution in [2.45, 2.75) is 26.4 Å². The predicted octanol–water partition coefficient (Wildman–Crippen LogP) is 3.56. The SMILES string of the molecule is CC(=O)OC1=C(C)Cc2ccc(C(F)(F)F)cc21. The lowest BCUT2D eigenvalue weighted by Crippen LogP contribution is -2.06. The highest BCUT2D eigenvalue weighted by Gasteiger charge is 2.33. The van der Waals surface area contributed by atoms with Crippen molar-refractivity contribution in [2.24, 2.45) is 0 Å². The molecule has 18 heavy (non-hydrogen) atoms. The van der Waals surface area contributed by atoms with Crippen molar-refractivity contribution in [1.82, 2.24) is 0 Å². The summed E-state index contributed by atoms with van der Waals surface area (Å²) in [6.07, 6.45) is -3.89. The van der Waals surface area contributed by atoms with Crippen molar-refractivity contribution in [3.63, 3.8) is 0 Å². The minimum atomic E-state index is -4.40. The fourth-order valence-corrected chi connectivity index (χ4v) is 2.00. The van der Waals surface area contributed by atoms with Crippen molar-refractivity contribution in [3.8, 4) is 0 Å². The standard InChI is InChI=1S/C13H11F3O2/c1-7-5-9-3-4-10(13(14,15)16)6-11(9)12(7)18-8(2)17/h3-4,6H,5H2,1-2H3. The molecule has 1 aromatic rings. The van der Waals surface area contributed by atoms with Crippen LogP contribution in [-0.2, 0) is 22.1 Å². The molecule has 5 heteroatoms. The maximum atomic E-state index is 12.6. The number of ether oxygens (including phenoxy) is 1. The number of allylic oxidation sites excluding steroid dienone is 1. The molecule has 0 saturated heterocycles. The lowest BCUT2D eigenvalue weighted by Gasteiger charge is -2.10. The van der Waals surface area contributed by atoms with Gasteiger partial charge < -0.3 is 4.74 Å². The van der Waals surface area contributed by atoms with Crippen LogP contribution in [0.5, 0.6) is 0 Å². The normalized spacial score (nSPS) is 14.7. The van der Waals surface area contributed by atoms with E-state index in [4.69, 9.17) is 4.74 Å². The molecular formula is C13H11F3O2.